The summed E-state index contributed by atoms with van der Waals surface area (Å²) in [5.74, 6) is 0.783. The maximum atomic E-state index is 3.86. The number of para-hydroxylation sites is 1. The van der Waals surface area contributed by atoms with E-state index in [1.54, 1.807) is 0 Å². The zero-order chi connectivity index (χ0) is 13.9. The molecule has 0 saturated heterocycles. The predicted molar refractivity (Wildman–Crippen MR) is 84.6 cm³/mol. The fourth-order valence-corrected chi connectivity index (χ4v) is 3.51. The van der Waals surface area contributed by atoms with E-state index in [2.05, 4.69) is 57.3 Å². The molecule has 1 nitrogen and oxygen atoms in total. The van der Waals surface area contributed by atoms with Gasteiger partial charge in [-0.3, -0.25) is 0 Å². The van der Waals surface area contributed by atoms with E-state index in [1.807, 2.05) is 0 Å². The third-order valence-corrected chi connectivity index (χ3v) is 4.62. The average Bonchev–Trinajstić information content (AvgIpc) is 2.39. The highest BCUT2D eigenvalue weighted by Gasteiger charge is 2.34. The van der Waals surface area contributed by atoms with Crippen LogP contribution in [0.3, 0.4) is 0 Å². The smallest absolute Gasteiger partial charge is 0.0374 e. The van der Waals surface area contributed by atoms with Crippen molar-refractivity contribution in [1.82, 2.24) is 0 Å². The molecule has 0 aromatic heterocycles. The maximum absolute atomic E-state index is 3.86. The molecule has 1 aliphatic carbocycles. The molecule has 0 bridgehead atoms. The number of benzene rings is 1. The van der Waals surface area contributed by atoms with E-state index in [1.165, 1.54) is 36.9 Å². The molecule has 1 aromatic carbocycles. The third kappa shape index (κ3) is 3.52. The maximum Gasteiger partial charge on any atom is 0.0374 e. The number of aryl methyl sites for hydroxylation is 1. The average molecular weight is 259 g/mol. The molecule has 1 aliphatic rings. The molecule has 2 unspecified atom stereocenters. The summed E-state index contributed by atoms with van der Waals surface area (Å²) in [4.78, 5) is 0. The van der Waals surface area contributed by atoms with Crippen LogP contribution in [0.5, 0.6) is 0 Å². The van der Waals surface area contributed by atoms with Crippen LogP contribution in [-0.2, 0) is 6.42 Å². The minimum Gasteiger partial charge on any atom is -0.382 e. The lowest BCUT2D eigenvalue weighted by Crippen LogP contribution is -2.40. The van der Waals surface area contributed by atoms with Crippen molar-refractivity contribution >= 4 is 5.69 Å². The molecule has 1 fully saturated rings. The Hall–Kier alpha value is -0.980. The first-order valence-electron chi connectivity index (χ1n) is 7.87. The topological polar surface area (TPSA) is 12.0 Å². The SMILES string of the molecule is CCc1ccccc1NC1CCCCC1C(C)(C)C. The van der Waals surface area contributed by atoms with Gasteiger partial charge in [0, 0.05) is 11.7 Å². The van der Waals surface area contributed by atoms with E-state index in [4.69, 9.17) is 0 Å². The van der Waals surface area contributed by atoms with Gasteiger partial charge in [-0.1, -0.05) is 58.7 Å². The third-order valence-electron chi connectivity index (χ3n) is 4.62. The second kappa shape index (κ2) is 5.98. The fourth-order valence-electron chi connectivity index (χ4n) is 3.51. The highest BCUT2D eigenvalue weighted by molar-refractivity contribution is 5.52. The Kier molecular flexibility index (Phi) is 4.54. The zero-order valence-electron chi connectivity index (χ0n) is 13.0. The summed E-state index contributed by atoms with van der Waals surface area (Å²) in [5.41, 5.74) is 3.20. The Morgan fingerprint density at radius 2 is 1.79 bits per heavy atom. The molecule has 1 aromatic rings. The standard InChI is InChI=1S/C18H29N/c1-5-14-10-6-8-12-16(14)19-17-13-9-7-11-15(17)18(2,3)4/h6,8,10,12,15,17,19H,5,7,9,11,13H2,1-4H3. The molecule has 0 spiro atoms. The molecule has 1 saturated carbocycles. The monoisotopic (exact) mass is 259 g/mol. The van der Waals surface area contributed by atoms with Gasteiger partial charge in [-0.25, -0.2) is 0 Å². The molecule has 0 amide bonds. The molecule has 19 heavy (non-hydrogen) atoms. The van der Waals surface area contributed by atoms with E-state index in [0.29, 0.717) is 11.5 Å². The lowest BCUT2D eigenvalue weighted by Gasteiger charge is -2.41. The minimum absolute atomic E-state index is 0.402. The first-order valence-corrected chi connectivity index (χ1v) is 7.87. The van der Waals surface area contributed by atoms with Crippen molar-refractivity contribution in [3.05, 3.63) is 29.8 Å². The van der Waals surface area contributed by atoms with Crippen LogP contribution in [0.25, 0.3) is 0 Å². The molecule has 0 heterocycles. The van der Waals surface area contributed by atoms with Crippen molar-refractivity contribution in [3.8, 4) is 0 Å². The first-order chi connectivity index (χ1) is 9.02. The van der Waals surface area contributed by atoms with Crippen molar-refractivity contribution in [2.24, 2.45) is 11.3 Å². The van der Waals surface area contributed by atoms with Gasteiger partial charge in [0.2, 0.25) is 0 Å². The Morgan fingerprint density at radius 3 is 2.47 bits per heavy atom. The van der Waals surface area contributed by atoms with Crippen LogP contribution in [-0.4, -0.2) is 6.04 Å². The van der Waals surface area contributed by atoms with Crippen LogP contribution in [0, 0.1) is 11.3 Å². The van der Waals surface area contributed by atoms with Gasteiger partial charge in [-0.05, 0) is 42.2 Å². The summed E-state index contributed by atoms with van der Waals surface area (Å²) in [5, 5.41) is 3.86. The lowest BCUT2D eigenvalue weighted by molar-refractivity contribution is 0.163. The molecular formula is C18H29N. The second-order valence-corrected chi connectivity index (χ2v) is 7.02. The molecule has 106 valence electrons. The van der Waals surface area contributed by atoms with Crippen LogP contribution in [0.15, 0.2) is 24.3 Å². The van der Waals surface area contributed by atoms with Gasteiger partial charge >= 0.3 is 0 Å². The molecule has 2 atom stereocenters. The van der Waals surface area contributed by atoms with Crippen molar-refractivity contribution in [1.29, 1.82) is 0 Å². The first kappa shape index (κ1) is 14.4. The van der Waals surface area contributed by atoms with E-state index in [9.17, 15) is 0 Å². The number of hydrogen-bond donors (Lipinski definition) is 1. The molecule has 1 N–H and O–H groups in total. The van der Waals surface area contributed by atoms with Gasteiger partial charge < -0.3 is 5.32 Å². The number of rotatable bonds is 3. The predicted octanol–water partition coefficient (Wildman–Crippen LogP) is 5.27. The molecular weight excluding hydrogens is 230 g/mol. The van der Waals surface area contributed by atoms with Crippen molar-refractivity contribution < 1.29 is 0 Å². The summed E-state index contributed by atoms with van der Waals surface area (Å²) in [7, 11) is 0. The summed E-state index contributed by atoms with van der Waals surface area (Å²) < 4.78 is 0. The molecule has 0 radical (unpaired) electrons. The van der Waals surface area contributed by atoms with Crippen molar-refractivity contribution in [2.45, 2.75) is 65.8 Å². The lowest BCUT2D eigenvalue weighted by atomic mass is 9.69. The molecule has 2 rings (SSSR count). The number of nitrogens with one attached hydrogen (secondary N) is 1. The van der Waals surface area contributed by atoms with E-state index >= 15 is 0 Å². The molecule has 0 aliphatic heterocycles. The van der Waals surface area contributed by atoms with Crippen LogP contribution < -0.4 is 5.32 Å². The van der Waals surface area contributed by atoms with Crippen LogP contribution in [0.4, 0.5) is 5.69 Å². The molecule has 1 heteroatoms. The van der Waals surface area contributed by atoms with Gasteiger partial charge in [0.1, 0.15) is 0 Å². The fraction of sp³-hybridized carbons (Fsp3) is 0.667. The van der Waals surface area contributed by atoms with E-state index in [-0.39, 0.29) is 0 Å². The Labute approximate surface area is 118 Å². The largest absolute Gasteiger partial charge is 0.382 e. The normalized spacial score (nSPS) is 24.2. The van der Waals surface area contributed by atoms with E-state index < -0.39 is 0 Å². The second-order valence-electron chi connectivity index (χ2n) is 7.02. The summed E-state index contributed by atoms with van der Waals surface area (Å²) in [6.07, 6.45) is 6.57. The highest BCUT2D eigenvalue weighted by Crippen LogP contribution is 2.39. The number of anilines is 1. The van der Waals surface area contributed by atoms with Crippen LogP contribution in [0.1, 0.15) is 58.9 Å². The van der Waals surface area contributed by atoms with Crippen molar-refractivity contribution in [2.75, 3.05) is 5.32 Å². The van der Waals surface area contributed by atoms with Gasteiger partial charge in [0.25, 0.3) is 0 Å². The Balaban J connectivity index is 2.15. The van der Waals surface area contributed by atoms with Crippen LogP contribution in [0.2, 0.25) is 0 Å². The van der Waals surface area contributed by atoms with Gasteiger partial charge in [0.15, 0.2) is 0 Å². The quantitative estimate of drug-likeness (QED) is 0.780. The summed E-state index contributed by atoms with van der Waals surface area (Å²) in [6, 6.07) is 9.42. The number of hydrogen-bond acceptors (Lipinski definition) is 1. The summed E-state index contributed by atoms with van der Waals surface area (Å²) in [6.45, 7) is 9.42. The van der Waals surface area contributed by atoms with Crippen molar-refractivity contribution in [3.63, 3.8) is 0 Å². The Bertz CT molecular complexity index is 402. The van der Waals surface area contributed by atoms with Gasteiger partial charge in [-0.2, -0.15) is 0 Å². The Morgan fingerprint density at radius 1 is 1.11 bits per heavy atom. The zero-order valence-corrected chi connectivity index (χ0v) is 13.0. The summed E-state index contributed by atoms with van der Waals surface area (Å²) >= 11 is 0. The van der Waals surface area contributed by atoms with E-state index in [0.717, 1.165) is 12.3 Å². The highest BCUT2D eigenvalue weighted by atomic mass is 14.9. The van der Waals surface area contributed by atoms with Gasteiger partial charge in [0.05, 0.1) is 0 Å². The van der Waals surface area contributed by atoms with Crippen LogP contribution >= 0.6 is 0 Å². The van der Waals surface area contributed by atoms with Gasteiger partial charge in [-0.15, -0.1) is 0 Å². The minimum atomic E-state index is 0.402.